The Bertz CT molecular complexity index is 667. The van der Waals surface area contributed by atoms with Gasteiger partial charge in [-0.1, -0.05) is 29.8 Å². The van der Waals surface area contributed by atoms with Crippen LogP contribution in [0.2, 0.25) is 0 Å². The largest absolute Gasteiger partial charge is 0.357 e. The van der Waals surface area contributed by atoms with Crippen LogP contribution in [0, 0.1) is 20.8 Å². The zero-order valence-corrected chi connectivity index (χ0v) is 18.0. The maximum atomic E-state index is 4.67. The Morgan fingerprint density at radius 2 is 2.00 bits per heavy atom. The van der Waals surface area contributed by atoms with Gasteiger partial charge in [0.2, 0.25) is 0 Å². The van der Waals surface area contributed by atoms with E-state index in [2.05, 4.69) is 58.7 Å². The summed E-state index contributed by atoms with van der Waals surface area (Å²) >= 11 is 1.72. The van der Waals surface area contributed by atoms with Crippen LogP contribution >= 0.6 is 35.3 Å². The predicted octanol–water partition coefficient (Wildman–Crippen LogP) is 3.98. The van der Waals surface area contributed by atoms with E-state index < -0.39 is 0 Å². The van der Waals surface area contributed by atoms with Gasteiger partial charge in [-0.25, -0.2) is 9.98 Å². The minimum Gasteiger partial charge on any atom is -0.357 e. The quantitative estimate of drug-likeness (QED) is 0.391. The van der Waals surface area contributed by atoms with Crippen molar-refractivity contribution >= 4 is 41.3 Å². The van der Waals surface area contributed by atoms with Crippen molar-refractivity contribution in [1.82, 2.24) is 15.6 Å². The molecule has 2 N–H and O–H groups in total. The van der Waals surface area contributed by atoms with Gasteiger partial charge in [-0.05, 0) is 39.7 Å². The normalized spacial score (nSPS) is 11.1. The van der Waals surface area contributed by atoms with Gasteiger partial charge in [0.05, 0.1) is 17.2 Å². The van der Waals surface area contributed by atoms with Gasteiger partial charge >= 0.3 is 0 Å². The highest BCUT2D eigenvalue weighted by Gasteiger charge is 2.04. The van der Waals surface area contributed by atoms with Gasteiger partial charge in [0.1, 0.15) is 0 Å². The molecule has 1 aromatic carbocycles. The minimum atomic E-state index is 0. The number of rotatable bonds is 6. The van der Waals surface area contributed by atoms with Crippen molar-refractivity contribution in [2.24, 2.45) is 4.99 Å². The van der Waals surface area contributed by atoms with Gasteiger partial charge in [0.15, 0.2) is 5.96 Å². The average molecular weight is 458 g/mol. The number of nitrogens with one attached hydrogen (secondary N) is 2. The van der Waals surface area contributed by atoms with E-state index in [1.165, 1.54) is 16.0 Å². The van der Waals surface area contributed by atoms with Gasteiger partial charge < -0.3 is 10.6 Å². The SMILES string of the molecule is CCNC(=NCc1sc(C)nc1C)NCCc1cccc(C)c1.I. The summed E-state index contributed by atoms with van der Waals surface area (Å²) in [5.74, 6) is 0.866. The molecule has 0 unspecified atom stereocenters. The maximum absolute atomic E-state index is 4.67. The summed E-state index contributed by atoms with van der Waals surface area (Å²) in [5.41, 5.74) is 3.74. The van der Waals surface area contributed by atoms with E-state index in [1.54, 1.807) is 11.3 Å². The van der Waals surface area contributed by atoms with E-state index in [0.29, 0.717) is 6.54 Å². The molecule has 0 saturated carbocycles. The highest BCUT2D eigenvalue weighted by Crippen LogP contribution is 2.17. The van der Waals surface area contributed by atoms with Crippen LogP contribution < -0.4 is 10.6 Å². The van der Waals surface area contributed by atoms with Crippen LogP contribution in [0.15, 0.2) is 29.3 Å². The summed E-state index contributed by atoms with van der Waals surface area (Å²) in [6.45, 7) is 10.7. The lowest BCUT2D eigenvalue weighted by atomic mass is 10.1. The fourth-order valence-corrected chi connectivity index (χ4v) is 3.27. The van der Waals surface area contributed by atoms with Crippen LogP contribution in [0.3, 0.4) is 0 Å². The van der Waals surface area contributed by atoms with E-state index in [1.807, 2.05) is 13.8 Å². The molecule has 0 atom stereocenters. The van der Waals surface area contributed by atoms with Crippen molar-refractivity contribution in [3.63, 3.8) is 0 Å². The van der Waals surface area contributed by atoms with Gasteiger partial charge in [0.25, 0.3) is 0 Å². The Labute approximate surface area is 166 Å². The first-order valence-electron chi connectivity index (χ1n) is 8.09. The molecule has 0 saturated heterocycles. The number of halogens is 1. The predicted molar refractivity (Wildman–Crippen MR) is 115 cm³/mol. The van der Waals surface area contributed by atoms with E-state index in [4.69, 9.17) is 0 Å². The number of hydrogen-bond donors (Lipinski definition) is 2. The van der Waals surface area contributed by atoms with Crippen molar-refractivity contribution in [2.75, 3.05) is 13.1 Å². The van der Waals surface area contributed by atoms with Gasteiger partial charge in [-0.2, -0.15) is 0 Å². The molecule has 0 aliphatic rings. The highest BCUT2D eigenvalue weighted by molar-refractivity contribution is 14.0. The molecule has 4 nitrogen and oxygen atoms in total. The summed E-state index contributed by atoms with van der Waals surface area (Å²) in [7, 11) is 0. The first-order chi connectivity index (χ1) is 11.1. The van der Waals surface area contributed by atoms with Crippen molar-refractivity contribution in [3.05, 3.63) is 51.0 Å². The Hall–Kier alpha value is -1.15. The summed E-state index contributed by atoms with van der Waals surface area (Å²) in [5, 5.41) is 7.81. The number of aliphatic imine (C=N–C) groups is 1. The molecule has 6 heteroatoms. The number of aryl methyl sites for hydroxylation is 3. The molecule has 2 rings (SSSR count). The first-order valence-corrected chi connectivity index (χ1v) is 8.90. The topological polar surface area (TPSA) is 49.3 Å². The van der Waals surface area contributed by atoms with Crippen LogP contribution in [-0.4, -0.2) is 24.0 Å². The molecule has 0 spiro atoms. The van der Waals surface area contributed by atoms with E-state index in [-0.39, 0.29) is 24.0 Å². The third-order valence-corrected chi connectivity index (χ3v) is 4.57. The van der Waals surface area contributed by atoms with E-state index in [9.17, 15) is 0 Å². The fourth-order valence-electron chi connectivity index (χ4n) is 2.41. The second kappa shape index (κ2) is 10.7. The summed E-state index contributed by atoms with van der Waals surface area (Å²) in [6.07, 6.45) is 0.991. The van der Waals surface area contributed by atoms with Crippen LogP contribution in [-0.2, 0) is 13.0 Å². The van der Waals surface area contributed by atoms with Gasteiger partial charge in [-0.15, -0.1) is 35.3 Å². The van der Waals surface area contributed by atoms with Gasteiger partial charge in [-0.3, -0.25) is 0 Å². The number of hydrogen-bond acceptors (Lipinski definition) is 3. The molecular weight excluding hydrogens is 431 g/mol. The number of benzene rings is 1. The average Bonchev–Trinajstić information content (AvgIpc) is 2.83. The molecule has 0 aliphatic carbocycles. The Balaban J connectivity index is 0.00000288. The smallest absolute Gasteiger partial charge is 0.191 e. The number of thiazole rings is 1. The summed E-state index contributed by atoms with van der Waals surface area (Å²) < 4.78 is 0. The molecule has 0 bridgehead atoms. The standard InChI is InChI=1S/C18H26N4S.HI/c1-5-19-18(21-12-17-14(3)22-15(4)23-17)20-10-9-16-8-6-7-13(2)11-16;/h6-8,11H,5,9-10,12H2,1-4H3,(H2,19,20,21);1H. The van der Waals surface area contributed by atoms with Crippen molar-refractivity contribution in [2.45, 2.75) is 40.7 Å². The molecule has 2 aromatic rings. The molecule has 24 heavy (non-hydrogen) atoms. The van der Waals surface area contributed by atoms with E-state index >= 15 is 0 Å². The third kappa shape index (κ3) is 6.76. The fraction of sp³-hybridized carbons (Fsp3) is 0.444. The molecule has 1 aromatic heterocycles. The highest BCUT2D eigenvalue weighted by atomic mass is 127. The Morgan fingerprint density at radius 1 is 1.21 bits per heavy atom. The van der Waals surface area contributed by atoms with Crippen LogP contribution in [0.5, 0.6) is 0 Å². The lowest BCUT2D eigenvalue weighted by molar-refractivity contribution is 0.800. The summed E-state index contributed by atoms with van der Waals surface area (Å²) in [6, 6.07) is 8.64. The van der Waals surface area contributed by atoms with E-state index in [0.717, 1.165) is 36.2 Å². The number of aromatic nitrogens is 1. The molecule has 0 fully saturated rings. The molecule has 0 radical (unpaired) electrons. The second-order valence-corrected chi connectivity index (χ2v) is 6.89. The monoisotopic (exact) mass is 458 g/mol. The third-order valence-electron chi connectivity index (χ3n) is 3.51. The molecule has 0 aliphatic heterocycles. The molecule has 132 valence electrons. The summed E-state index contributed by atoms with van der Waals surface area (Å²) in [4.78, 5) is 10.4. The Morgan fingerprint density at radius 3 is 2.62 bits per heavy atom. The van der Waals surface area contributed by atoms with Crippen LogP contribution in [0.25, 0.3) is 0 Å². The lowest BCUT2D eigenvalue weighted by Gasteiger charge is -2.11. The number of nitrogens with zero attached hydrogens (tertiary/aromatic N) is 2. The minimum absolute atomic E-state index is 0. The zero-order valence-electron chi connectivity index (χ0n) is 14.8. The Kier molecular flexibility index (Phi) is 9.28. The first kappa shape index (κ1) is 20.9. The van der Waals surface area contributed by atoms with Crippen molar-refractivity contribution in [3.8, 4) is 0 Å². The molecule has 0 amide bonds. The van der Waals surface area contributed by atoms with Crippen LogP contribution in [0.4, 0.5) is 0 Å². The van der Waals surface area contributed by atoms with Crippen LogP contribution in [0.1, 0.15) is 33.6 Å². The van der Waals surface area contributed by atoms with Crippen molar-refractivity contribution < 1.29 is 0 Å². The molecular formula is C18H27IN4S. The zero-order chi connectivity index (χ0) is 16.7. The number of guanidine groups is 1. The maximum Gasteiger partial charge on any atom is 0.191 e. The van der Waals surface area contributed by atoms with Crippen molar-refractivity contribution in [1.29, 1.82) is 0 Å². The second-order valence-electron chi connectivity index (χ2n) is 5.60. The molecule has 1 heterocycles. The lowest BCUT2D eigenvalue weighted by Crippen LogP contribution is -2.38. The van der Waals surface area contributed by atoms with Gasteiger partial charge in [0, 0.05) is 18.0 Å².